The zero-order valence-electron chi connectivity index (χ0n) is 11.7. The Hall–Kier alpha value is -1.06. The van der Waals surface area contributed by atoms with Crippen molar-refractivity contribution in [3.05, 3.63) is 29.3 Å². The number of ether oxygens (including phenoxy) is 2. The number of nitrogens with one attached hydrogen (secondary N) is 1. The summed E-state index contributed by atoms with van der Waals surface area (Å²) >= 11 is 0. The number of hydrogen-bond donors (Lipinski definition) is 1. The maximum atomic E-state index is 6.08. The summed E-state index contributed by atoms with van der Waals surface area (Å²) in [4.78, 5) is 0. The van der Waals surface area contributed by atoms with Crippen LogP contribution in [-0.2, 0) is 11.2 Å². The molecular weight excluding hydrogens is 238 g/mol. The predicted molar refractivity (Wildman–Crippen MR) is 75.6 cm³/mol. The van der Waals surface area contributed by atoms with Crippen LogP contribution in [0.25, 0.3) is 0 Å². The lowest BCUT2D eigenvalue weighted by Crippen LogP contribution is -2.25. The molecule has 3 heteroatoms. The fourth-order valence-corrected chi connectivity index (χ4v) is 3.11. The van der Waals surface area contributed by atoms with Crippen molar-refractivity contribution in [2.24, 2.45) is 0 Å². The normalized spacial score (nSPS) is 23.3. The summed E-state index contributed by atoms with van der Waals surface area (Å²) in [6, 6.07) is 7.15. The highest BCUT2D eigenvalue weighted by Crippen LogP contribution is 2.34. The highest BCUT2D eigenvalue weighted by molar-refractivity contribution is 5.40. The third kappa shape index (κ3) is 2.93. The van der Waals surface area contributed by atoms with Crippen molar-refractivity contribution < 1.29 is 9.47 Å². The number of benzene rings is 1. The maximum Gasteiger partial charge on any atom is 0.120 e. The Labute approximate surface area is 115 Å². The minimum atomic E-state index is 0.331. The van der Waals surface area contributed by atoms with Crippen LogP contribution in [0.15, 0.2) is 18.2 Å². The molecule has 0 radical (unpaired) electrons. The van der Waals surface area contributed by atoms with Crippen LogP contribution in [0, 0.1) is 0 Å². The number of rotatable bonds is 4. The van der Waals surface area contributed by atoms with Gasteiger partial charge in [0.1, 0.15) is 11.9 Å². The largest absolute Gasteiger partial charge is 0.490 e. The van der Waals surface area contributed by atoms with Gasteiger partial charge in [0, 0.05) is 18.9 Å². The van der Waals surface area contributed by atoms with Gasteiger partial charge >= 0.3 is 0 Å². The third-order valence-corrected chi connectivity index (χ3v) is 4.11. The van der Waals surface area contributed by atoms with Gasteiger partial charge in [0.05, 0.1) is 13.2 Å². The van der Waals surface area contributed by atoms with Gasteiger partial charge in [0.15, 0.2) is 0 Å². The molecule has 104 valence electrons. The van der Waals surface area contributed by atoms with Gasteiger partial charge < -0.3 is 14.8 Å². The van der Waals surface area contributed by atoms with Gasteiger partial charge in [0.2, 0.25) is 0 Å². The van der Waals surface area contributed by atoms with Crippen LogP contribution in [0.1, 0.15) is 43.4 Å². The highest BCUT2D eigenvalue weighted by atomic mass is 16.5. The quantitative estimate of drug-likeness (QED) is 0.904. The van der Waals surface area contributed by atoms with E-state index in [1.807, 2.05) is 0 Å². The summed E-state index contributed by atoms with van der Waals surface area (Å²) in [5, 5.41) is 3.54. The van der Waals surface area contributed by atoms with Crippen molar-refractivity contribution in [1.29, 1.82) is 0 Å². The van der Waals surface area contributed by atoms with Crippen molar-refractivity contribution in [1.82, 2.24) is 5.32 Å². The molecule has 3 rings (SSSR count). The second kappa shape index (κ2) is 5.93. The molecule has 19 heavy (non-hydrogen) atoms. The van der Waals surface area contributed by atoms with E-state index in [0.717, 1.165) is 44.8 Å². The van der Waals surface area contributed by atoms with Crippen molar-refractivity contribution in [2.75, 3.05) is 19.8 Å². The van der Waals surface area contributed by atoms with E-state index in [9.17, 15) is 0 Å². The molecule has 0 aromatic heterocycles. The van der Waals surface area contributed by atoms with Gasteiger partial charge in [-0.2, -0.15) is 0 Å². The standard InChI is InChI=1S/C16H23NO2/c1-2-17-16-6-3-12-11-14(4-5-15(12)16)19-13-7-9-18-10-8-13/h4-5,11,13,16-17H,2-3,6-10H2,1H3. The molecule has 0 spiro atoms. The first kappa shape index (κ1) is 12.9. The van der Waals surface area contributed by atoms with E-state index in [1.165, 1.54) is 17.5 Å². The molecular formula is C16H23NO2. The van der Waals surface area contributed by atoms with Crippen LogP contribution in [0.5, 0.6) is 5.75 Å². The Kier molecular flexibility index (Phi) is 4.04. The van der Waals surface area contributed by atoms with Crippen molar-refractivity contribution in [3.8, 4) is 5.75 Å². The maximum absolute atomic E-state index is 6.08. The van der Waals surface area contributed by atoms with Crippen molar-refractivity contribution >= 4 is 0 Å². The predicted octanol–water partition coefficient (Wildman–Crippen LogP) is 2.84. The summed E-state index contributed by atoms with van der Waals surface area (Å²) in [7, 11) is 0. The van der Waals surface area contributed by atoms with Crippen LogP contribution in [0.2, 0.25) is 0 Å². The van der Waals surface area contributed by atoms with E-state index in [0.29, 0.717) is 12.1 Å². The Morgan fingerprint density at radius 2 is 2.11 bits per heavy atom. The lowest BCUT2D eigenvalue weighted by Gasteiger charge is -2.23. The van der Waals surface area contributed by atoms with E-state index >= 15 is 0 Å². The lowest BCUT2D eigenvalue weighted by atomic mass is 10.1. The first-order chi connectivity index (χ1) is 9.36. The SMILES string of the molecule is CCNC1CCc2cc(OC3CCOCC3)ccc21. The topological polar surface area (TPSA) is 30.5 Å². The first-order valence-corrected chi connectivity index (χ1v) is 7.47. The van der Waals surface area contributed by atoms with Crippen molar-refractivity contribution in [3.63, 3.8) is 0 Å². The molecule has 1 fully saturated rings. The van der Waals surface area contributed by atoms with E-state index in [4.69, 9.17) is 9.47 Å². The molecule has 0 bridgehead atoms. The Morgan fingerprint density at radius 3 is 2.89 bits per heavy atom. The molecule has 1 saturated heterocycles. The molecule has 0 amide bonds. The Morgan fingerprint density at radius 1 is 1.26 bits per heavy atom. The number of aryl methyl sites for hydroxylation is 1. The van der Waals surface area contributed by atoms with Gasteiger partial charge in [-0.1, -0.05) is 13.0 Å². The molecule has 1 aromatic rings. The third-order valence-electron chi connectivity index (χ3n) is 4.11. The molecule has 1 aliphatic heterocycles. The zero-order valence-corrected chi connectivity index (χ0v) is 11.7. The minimum Gasteiger partial charge on any atom is -0.490 e. The molecule has 2 aliphatic rings. The van der Waals surface area contributed by atoms with E-state index < -0.39 is 0 Å². The fourth-order valence-electron chi connectivity index (χ4n) is 3.11. The van der Waals surface area contributed by atoms with Crippen molar-refractivity contribution in [2.45, 2.75) is 44.8 Å². The van der Waals surface area contributed by atoms with Crippen LogP contribution in [-0.4, -0.2) is 25.9 Å². The number of fused-ring (bicyclic) bond motifs is 1. The minimum absolute atomic E-state index is 0.331. The summed E-state index contributed by atoms with van der Waals surface area (Å²) in [6.07, 6.45) is 4.73. The molecule has 1 heterocycles. The molecule has 1 unspecified atom stereocenters. The summed E-state index contributed by atoms with van der Waals surface area (Å²) in [6.45, 7) is 4.86. The Bertz CT molecular complexity index is 427. The molecule has 1 aromatic carbocycles. The first-order valence-electron chi connectivity index (χ1n) is 7.47. The van der Waals surface area contributed by atoms with Crippen LogP contribution < -0.4 is 10.1 Å². The molecule has 1 atom stereocenters. The average molecular weight is 261 g/mol. The smallest absolute Gasteiger partial charge is 0.120 e. The van der Waals surface area contributed by atoms with Gasteiger partial charge in [0.25, 0.3) is 0 Å². The van der Waals surface area contributed by atoms with Gasteiger partial charge in [-0.05, 0) is 42.6 Å². The molecule has 1 N–H and O–H groups in total. The lowest BCUT2D eigenvalue weighted by molar-refractivity contribution is 0.0255. The fraction of sp³-hybridized carbons (Fsp3) is 0.625. The summed E-state index contributed by atoms with van der Waals surface area (Å²) < 4.78 is 11.4. The zero-order chi connectivity index (χ0) is 13.1. The van der Waals surface area contributed by atoms with Crippen LogP contribution in [0.4, 0.5) is 0 Å². The molecule has 0 saturated carbocycles. The monoisotopic (exact) mass is 261 g/mol. The van der Waals surface area contributed by atoms with Gasteiger partial charge in [-0.15, -0.1) is 0 Å². The second-order valence-electron chi connectivity index (χ2n) is 5.44. The van der Waals surface area contributed by atoms with E-state index in [1.54, 1.807) is 0 Å². The molecule has 3 nitrogen and oxygen atoms in total. The van der Waals surface area contributed by atoms with E-state index in [2.05, 4.69) is 30.4 Å². The average Bonchev–Trinajstić information content (AvgIpc) is 2.83. The van der Waals surface area contributed by atoms with Gasteiger partial charge in [-0.3, -0.25) is 0 Å². The molecule has 1 aliphatic carbocycles. The Balaban J connectivity index is 1.68. The van der Waals surface area contributed by atoms with E-state index in [-0.39, 0.29) is 0 Å². The van der Waals surface area contributed by atoms with Crippen LogP contribution >= 0.6 is 0 Å². The summed E-state index contributed by atoms with van der Waals surface area (Å²) in [5.74, 6) is 1.03. The number of hydrogen-bond acceptors (Lipinski definition) is 3. The second-order valence-corrected chi connectivity index (χ2v) is 5.44. The van der Waals surface area contributed by atoms with Gasteiger partial charge in [-0.25, -0.2) is 0 Å². The summed E-state index contributed by atoms with van der Waals surface area (Å²) in [5.41, 5.74) is 2.91. The van der Waals surface area contributed by atoms with Crippen LogP contribution in [0.3, 0.4) is 0 Å². The highest BCUT2D eigenvalue weighted by Gasteiger charge is 2.22.